The predicted molar refractivity (Wildman–Crippen MR) is 70.1 cm³/mol. The number of anilines is 1. The van der Waals surface area contributed by atoms with E-state index in [9.17, 15) is 9.59 Å². The van der Waals surface area contributed by atoms with Crippen LogP contribution >= 0.6 is 0 Å². The third kappa shape index (κ3) is 3.79. The molecule has 0 saturated heterocycles. The minimum atomic E-state index is -0.853. The van der Waals surface area contributed by atoms with Crippen LogP contribution in [0, 0.1) is 12.3 Å². The Morgan fingerprint density at radius 3 is 2.55 bits per heavy atom. The number of carboxylic acids is 1. The summed E-state index contributed by atoms with van der Waals surface area (Å²) in [6, 6.07) is 0.0637. The zero-order valence-electron chi connectivity index (χ0n) is 11.5. The zero-order valence-corrected chi connectivity index (χ0v) is 11.5. The first-order valence-corrected chi connectivity index (χ1v) is 6.81. The van der Waals surface area contributed by atoms with Gasteiger partial charge < -0.3 is 9.63 Å². The van der Waals surface area contributed by atoms with Crippen molar-refractivity contribution in [1.29, 1.82) is 0 Å². The lowest BCUT2D eigenvalue weighted by atomic mass is 9.69. The fourth-order valence-corrected chi connectivity index (χ4v) is 2.89. The number of aliphatic carboxylic acids is 1. The molecule has 1 aromatic heterocycles. The molecule has 0 radical (unpaired) electrons. The van der Waals surface area contributed by atoms with E-state index in [1.54, 1.807) is 6.92 Å². The maximum Gasteiger partial charge on any atom is 0.328 e. The molecular weight excluding hydrogens is 262 g/mol. The molecule has 1 saturated carbocycles. The number of carbonyl (C=O) groups is 2. The van der Waals surface area contributed by atoms with E-state index in [2.05, 4.69) is 15.5 Å². The van der Waals surface area contributed by atoms with Crippen molar-refractivity contribution in [2.24, 2.45) is 5.41 Å². The van der Waals surface area contributed by atoms with Gasteiger partial charge in [0.25, 0.3) is 0 Å². The molecule has 7 heteroatoms. The third-order valence-corrected chi connectivity index (χ3v) is 3.75. The van der Waals surface area contributed by atoms with E-state index in [-0.39, 0.29) is 24.8 Å². The van der Waals surface area contributed by atoms with Crippen LogP contribution < -0.4 is 5.32 Å². The number of hydrogen-bond acceptors (Lipinski definition) is 5. The largest absolute Gasteiger partial charge is 0.481 e. The van der Waals surface area contributed by atoms with Crippen LogP contribution in [-0.2, 0) is 9.59 Å². The first-order valence-electron chi connectivity index (χ1n) is 6.81. The Morgan fingerprint density at radius 2 is 2.00 bits per heavy atom. The Bertz CT molecular complexity index is 492. The van der Waals surface area contributed by atoms with E-state index in [0.29, 0.717) is 5.82 Å². The van der Waals surface area contributed by atoms with Gasteiger partial charge in [0.1, 0.15) is 0 Å². The summed E-state index contributed by atoms with van der Waals surface area (Å²) in [5.74, 6) is -0.677. The van der Waals surface area contributed by atoms with Crippen LogP contribution in [0.25, 0.3) is 0 Å². The smallest absolute Gasteiger partial charge is 0.328 e. The maximum absolute atomic E-state index is 12.0. The molecule has 2 rings (SSSR count). The average molecular weight is 281 g/mol. The molecule has 1 aromatic rings. The molecule has 1 amide bonds. The lowest BCUT2D eigenvalue weighted by Gasteiger charge is -2.35. The minimum Gasteiger partial charge on any atom is -0.481 e. The molecule has 0 spiro atoms. The molecule has 1 aliphatic rings. The number of rotatable bonds is 5. The summed E-state index contributed by atoms with van der Waals surface area (Å²) < 4.78 is 4.83. The van der Waals surface area contributed by atoms with Crippen molar-refractivity contribution in [1.82, 2.24) is 10.1 Å². The van der Waals surface area contributed by atoms with Crippen molar-refractivity contribution in [2.45, 2.75) is 51.9 Å². The van der Waals surface area contributed by atoms with E-state index in [1.165, 1.54) is 0 Å². The molecule has 20 heavy (non-hydrogen) atoms. The molecule has 0 aromatic carbocycles. The summed E-state index contributed by atoms with van der Waals surface area (Å²) in [7, 11) is 0. The molecule has 2 N–H and O–H groups in total. The molecule has 0 aliphatic heterocycles. The number of carbonyl (C=O) groups excluding carboxylic acids is 1. The van der Waals surface area contributed by atoms with Crippen LogP contribution in [0.4, 0.5) is 6.01 Å². The van der Waals surface area contributed by atoms with Gasteiger partial charge in [-0.3, -0.25) is 14.9 Å². The van der Waals surface area contributed by atoms with Gasteiger partial charge in [-0.15, -0.1) is 0 Å². The van der Waals surface area contributed by atoms with Crippen molar-refractivity contribution >= 4 is 17.9 Å². The molecule has 1 heterocycles. The van der Waals surface area contributed by atoms with Gasteiger partial charge in [0.2, 0.25) is 5.91 Å². The van der Waals surface area contributed by atoms with Crippen LogP contribution in [0.5, 0.6) is 0 Å². The Morgan fingerprint density at radius 1 is 1.30 bits per heavy atom. The normalized spacial score (nSPS) is 17.6. The van der Waals surface area contributed by atoms with E-state index < -0.39 is 11.4 Å². The molecule has 1 aliphatic carbocycles. The Balaban J connectivity index is 1.99. The van der Waals surface area contributed by atoms with Gasteiger partial charge in [0.15, 0.2) is 5.82 Å². The standard InChI is InChI=1S/C13H19N3O4/c1-9-14-12(20-16-9)15-10(17)7-13(8-11(18)19)5-3-2-4-6-13/h2-8H2,1H3,(H,18,19)(H,14,15,16,17). The number of nitrogens with zero attached hydrogens (tertiary/aromatic N) is 2. The van der Waals surface area contributed by atoms with Crippen LogP contribution in [0.2, 0.25) is 0 Å². The summed E-state index contributed by atoms with van der Waals surface area (Å²) in [6.07, 6.45) is 4.81. The molecule has 0 unspecified atom stereocenters. The lowest BCUT2D eigenvalue weighted by Crippen LogP contribution is -2.32. The Hall–Kier alpha value is -1.92. The van der Waals surface area contributed by atoms with Crippen molar-refractivity contribution in [3.63, 3.8) is 0 Å². The summed E-state index contributed by atoms with van der Waals surface area (Å²) in [5.41, 5.74) is -0.441. The monoisotopic (exact) mass is 281 g/mol. The SMILES string of the molecule is Cc1noc(NC(=O)CC2(CC(=O)O)CCCCC2)n1. The topological polar surface area (TPSA) is 105 Å². The van der Waals surface area contributed by atoms with Gasteiger partial charge in [0.05, 0.1) is 6.42 Å². The van der Waals surface area contributed by atoms with Gasteiger partial charge in [-0.2, -0.15) is 4.98 Å². The lowest BCUT2D eigenvalue weighted by molar-refractivity contribution is -0.140. The highest BCUT2D eigenvalue weighted by molar-refractivity contribution is 5.89. The van der Waals surface area contributed by atoms with Gasteiger partial charge in [-0.25, -0.2) is 0 Å². The van der Waals surface area contributed by atoms with Crippen molar-refractivity contribution in [3.8, 4) is 0 Å². The molecule has 0 bridgehead atoms. The van der Waals surface area contributed by atoms with Gasteiger partial charge in [0, 0.05) is 6.42 Å². The minimum absolute atomic E-state index is 0.0310. The second-order valence-electron chi connectivity index (χ2n) is 5.50. The van der Waals surface area contributed by atoms with Crippen LogP contribution in [0.3, 0.4) is 0 Å². The number of nitrogens with one attached hydrogen (secondary N) is 1. The number of carboxylic acid groups (broad SMARTS) is 1. The number of amides is 1. The van der Waals surface area contributed by atoms with E-state index in [4.69, 9.17) is 9.63 Å². The first kappa shape index (κ1) is 14.5. The van der Waals surface area contributed by atoms with Crippen molar-refractivity contribution < 1.29 is 19.2 Å². The van der Waals surface area contributed by atoms with Gasteiger partial charge in [-0.05, 0) is 25.2 Å². The molecule has 0 atom stereocenters. The fraction of sp³-hybridized carbons (Fsp3) is 0.692. The highest BCUT2D eigenvalue weighted by Crippen LogP contribution is 2.42. The Labute approximate surface area is 116 Å². The van der Waals surface area contributed by atoms with Crippen LogP contribution in [0.1, 0.15) is 50.8 Å². The van der Waals surface area contributed by atoms with Crippen molar-refractivity contribution in [2.75, 3.05) is 5.32 Å². The maximum atomic E-state index is 12.0. The summed E-state index contributed by atoms with van der Waals surface area (Å²) in [5, 5.41) is 15.2. The number of aromatic nitrogens is 2. The summed E-state index contributed by atoms with van der Waals surface area (Å²) in [6.45, 7) is 1.66. The van der Waals surface area contributed by atoms with E-state index in [0.717, 1.165) is 32.1 Å². The molecule has 7 nitrogen and oxygen atoms in total. The molecule has 110 valence electrons. The van der Waals surface area contributed by atoms with Crippen molar-refractivity contribution in [3.05, 3.63) is 5.82 Å². The Kier molecular flexibility index (Phi) is 4.36. The quantitative estimate of drug-likeness (QED) is 0.856. The highest BCUT2D eigenvalue weighted by atomic mass is 16.5. The fourth-order valence-electron chi connectivity index (χ4n) is 2.89. The third-order valence-electron chi connectivity index (χ3n) is 3.75. The molecular formula is C13H19N3O4. The van der Waals surface area contributed by atoms with Gasteiger partial charge >= 0.3 is 12.0 Å². The first-order chi connectivity index (χ1) is 9.49. The average Bonchev–Trinajstić information content (AvgIpc) is 2.74. The second-order valence-corrected chi connectivity index (χ2v) is 5.50. The van der Waals surface area contributed by atoms with Crippen LogP contribution in [-0.4, -0.2) is 27.1 Å². The molecule has 1 fully saturated rings. The van der Waals surface area contributed by atoms with Gasteiger partial charge in [-0.1, -0.05) is 24.4 Å². The van der Waals surface area contributed by atoms with E-state index >= 15 is 0 Å². The number of aryl methyl sites for hydroxylation is 1. The summed E-state index contributed by atoms with van der Waals surface area (Å²) in [4.78, 5) is 27.0. The van der Waals surface area contributed by atoms with Crippen LogP contribution in [0.15, 0.2) is 4.52 Å². The zero-order chi connectivity index (χ0) is 14.6. The predicted octanol–water partition coefficient (Wildman–Crippen LogP) is 2.13. The highest BCUT2D eigenvalue weighted by Gasteiger charge is 2.36. The second kappa shape index (κ2) is 6.02. The summed E-state index contributed by atoms with van der Waals surface area (Å²) >= 11 is 0. The van der Waals surface area contributed by atoms with E-state index in [1.807, 2.05) is 0 Å². The number of hydrogen-bond donors (Lipinski definition) is 2.